The molecule has 2 unspecified atom stereocenters. The summed E-state index contributed by atoms with van der Waals surface area (Å²) in [5.74, 6) is 0.393. The first-order valence-corrected chi connectivity index (χ1v) is 6.63. The van der Waals surface area contributed by atoms with E-state index in [1.165, 1.54) is 7.11 Å². The van der Waals surface area contributed by atoms with Crippen molar-refractivity contribution in [1.82, 2.24) is 5.32 Å². The molecular weight excluding hydrogens is 245 g/mol. The van der Waals surface area contributed by atoms with Gasteiger partial charge >= 0.3 is 0 Å². The van der Waals surface area contributed by atoms with E-state index in [4.69, 9.17) is 9.47 Å². The quantitative estimate of drug-likeness (QED) is 0.736. The van der Waals surface area contributed by atoms with Gasteiger partial charge in [0.1, 0.15) is 0 Å². The summed E-state index contributed by atoms with van der Waals surface area (Å²) in [4.78, 5) is 0. The van der Waals surface area contributed by atoms with E-state index in [0.717, 1.165) is 6.54 Å². The topological polar surface area (TPSA) is 30.5 Å². The third-order valence-electron chi connectivity index (χ3n) is 3.43. The molecule has 0 aliphatic rings. The molecule has 0 aromatic heterocycles. The van der Waals surface area contributed by atoms with Crippen molar-refractivity contribution < 1.29 is 13.9 Å². The molecule has 1 aromatic carbocycles. The van der Waals surface area contributed by atoms with Gasteiger partial charge in [-0.2, -0.15) is 0 Å². The van der Waals surface area contributed by atoms with E-state index in [1.807, 2.05) is 12.1 Å². The van der Waals surface area contributed by atoms with E-state index in [1.54, 1.807) is 13.2 Å². The fourth-order valence-electron chi connectivity index (χ4n) is 1.99. The standard InChI is InChI=1S/C15H24FNO2/c1-11(12(2)17-8-9-18-3)10-13-6-5-7-14(19-4)15(13)16/h5-7,11-12,17H,8-10H2,1-4H3. The van der Waals surface area contributed by atoms with Crippen LogP contribution in [0.25, 0.3) is 0 Å². The van der Waals surface area contributed by atoms with E-state index in [0.29, 0.717) is 36.3 Å². The van der Waals surface area contributed by atoms with E-state index < -0.39 is 0 Å². The zero-order chi connectivity index (χ0) is 14.3. The average Bonchev–Trinajstić information content (AvgIpc) is 2.41. The first kappa shape index (κ1) is 15.9. The summed E-state index contributed by atoms with van der Waals surface area (Å²) < 4.78 is 24.0. The van der Waals surface area contributed by atoms with Gasteiger partial charge in [0.05, 0.1) is 13.7 Å². The molecule has 0 amide bonds. The van der Waals surface area contributed by atoms with Crippen LogP contribution in [-0.4, -0.2) is 33.4 Å². The number of halogens is 1. The van der Waals surface area contributed by atoms with Crippen LogP contribution in [0.4, 0.5) is 4.39 Å². The third kappa shape index (κ3) is 4.80. The molecule has 0 saturated carbocycles. The fourth-order valence-corrected chi connectivity index (χ4v) is 1.99. The second-order valence-electron chi connectivity index (χ2n) is 4.85. The minimum Gasteiger partial charge on any atom is -0.494 e. The Hall–Kier alpha value is -1.13. The van der Waals surface area contributed by atoms with Crippen molar-refractivity contribution in [2.75, 3.05) is 27.4 Å². The minimum absolute atomic E-state index is 0.249. The molecule has 0 spiro atoms. The fraction of sp³-hybridized carbons (Fsp3) is 0.600. The molecule has 1 rings (SSSR count). The number of hydrogen-bond acceptors (Lipinski definition) is 3. The van der Waals surface area contributed by atoms with Crippen molar-refractivity contribution in [3.05, 3.63) is 29.6 Å². The highest BCUT2D eigenvalue weighted by Crippen LogP contribution is 2.23. The summed E-state index contributed by atoms with van der Waals surface area (Å²) in [6.45, 7) is 5.72. The summed E-state index contributed by atoms with van der Waals surface area (Å²) in [5, 5.41) is 3.37. The molecule has 0 bridgehead atoms. The number of methoxy groups -OCH3 is 2. The molecule has 108 valence electrons. The lowest BCUT2D eigenvalue weighted by molar-refractivity contribution is 0.192. The maximum absolute atomic E-state index is 14.0. The SMILES string of the molecule is COCCNC(C)C(C)Cc1cccc(OC)c1F. The molecular formula is C15H24FNO2. The van der Waals surface area contributed by atoms with Crippen LogP contribution in [0.15, 0.2) is 18.2 Å². The number of ether oxygens (including phenoxy) is 2. The van der Waals surface area contributed by atoms with Gasteiger partial charge in [-0.1, -0.05) is 19.1 Å². The van der Waals surface area contributed by atoms with Crippen LogP contribution in [0.5, 0.6) is 5.75 Å². The van der Waals surface area contributed by atoms with Crippen molar-refractivity contribution in [3.63, 3.8) is 0 Å². The Labute approximate surface area is 115 Å². The number of nitrogens with one attached hydrogen (secondary N) is 1. The van der Waals surface area contributed by atoms with Crippen molar-refractivity contribution in [2.45, 2.75) is 26.3 Å². The molecule has 0 aliphatic carbocycles. The lowest BCUT2D eigenvalue weighted by Crippen LogP contribution is -2.35. The van der Waals surface area contributed by atoms with Crippen LogP contribution in [-0.2, 0) is 11.2 Å². The first-order chi connectivity index (χ1) is 9.10. The highest BCUT2D eigenvalue weighted by atomic mass is 19.1. The smallest absolute Gasteiger partial charge is 0.168 e. The highest BCUT2D eigenvalue weighted by molar-refractivity contribution is 5.31. The summed E-state index contributed by atoms with van der Waals surface area (Å²) in [6.07, 6.45) is 0.685. The van der Waals surface area contributed by atoms with Gasteiger partial charge in [-0.3, -0.25) is 0 Å². The lowest BCUT2D eigenvalue weighted by Gasteiger charge is -2.21. The average molecular weight is 269 g/mol. The van der Waals surface area contributed by atoms with Crippen LogP contribution in [0.3, 0.4) is 0 Å². The molecule has 4 heteroatoms. The molecule has 2 atom stereocenters. The van der Waals surface area contributed by atoms with E-state index >= 15 is 0 Å². The van der Waals surface area contributed by atoms with Crippen LogP contribution in [0.1, 0.15) is 19.4 Å². The second kappa shape index (κ2) is 8.12. The Bertz CT molecular complexity index is 384. The zero-order valence-electron chi connectivity index (χ0n) is 12.2. The van der Waals surface area contributed by atoms with E-state index in [-0.39, 0.29) is 5.82 Å². The highest BCUT2D eigenvalue weighted by Gasteiger charge is 2.16. The molecule has 1 N–H and O–H groups in total. The Kier molecular flexibility index (Phi) is 6.81. The predicted molar refractivity (Wildman–Crippen MR) is 75.2 cm³/mol. The van der Waals surface area contributed by atoms with Gasteiger partial charge in [0.15, 0.2) is 11.6 Å². The maximum atomic E-state index is 14.0. The Morgan fingerprint density at radius 2 is 2.00 bits per heavy atom. The monoisotopic (exact) mass is 269 g/mol. The van der Waals surface area contributed by atoms with Gasteiger partial charge < -0.3 is 14.8 Å². The Morgan fingerprint density at radius 3 is 2.63 bits per heavy atom. The molecule has 19 heavy (non-hydrogen) atoms. The maximum Gasteiger partial charge on any atom is 0.168 e. The van der Waals surface area contributed by atoms with E-state index in [9.17, 15) is 4.39 Å². The van der Waals surface area contributed by atoms with Crippen molar-refractivity contribution in [3.8, 4) is 5.75 Å². The minimum atomic E-state index is -0.249. The summed E-state index contributed by atoms with van der Waals surface area (Å²) in [6, 6.07) is 5.59. The third-order valence-corrected chi connectivity index (χ3v) is 3.43. The van der Waals surface area contributed by atoms with Crippen LogP contribution < -0.4 is 10.1 Å². The van der Waals surface area contributed by atoms with Gasteiger partial charge in [-0.15, -0.1) is 0 Å². The van der Waals surface area contributed by atoms with Gasteiger partial charge in [-0.25, -0.2) is 4.39 Å². The predicted octanol–water partition coefficient (Wildman–Crippen LogP) is 2.64. The molecule has 0 saturated heterocycles. The largest absolute Gasteiger partial charge is 0.494 e. The van der Waals surface area contributed by atoms with Crippen molar-refractivity contribution in [2.24, 2.45) is 5.92 Å². The van der Waals surface area contributed by atoms with Gasteiger partial charge in [0.2, 0.25) is 0 Å². The number of benzene rings is 1. The number of hydrogen-bond donors (Lipinski definition) is 1. The first-order valence-electron chi connectivity index (χ1n) is 6.63. The number of rotatable bonds is 8. The molecule has 0 heterocycles. The van der Waals surface area contributed by atoms with Crippen LogP contribution >= 0.6 is 0 Å². The Morgan fingerprint density at radius 1 is 1.26 bits per heavy atom. The zero-order valence-corrected chi connectivity index (χ0v) is 12.2. The summed E-state index contributed by atoms with van der Waals surface area (Å²) >= 11 is 0. The molecule has 0 radical (unpaired) electrons. The second-order valence-corrected chi connectivity index (χ2v) is 4.85. The lowest BCUT2D eigenvalue weighted by atomic mass is 9.94. The van der Waals surface area contributed by atoms with Gasteiger partial charge in [-0.05, 0) is 30.9 Å². The molecule has 3 nitrogen and oxygen atoms in total. The van der Waals surface area contributed by atoms with Crippen LogP contribution in [0.2, 0.25) is 0 Å². The summed E-state index contributed by atoms with van der Waals surface area (Å²) in [7, 11) is 3.17. The normalized spacial score (nSPS) is 14.2. The van der Waals surface area contributed by atoms with Crippen molar-refractivity contribution in [1.29, 1.82) is 0 Å². The van der Waals surface area contributed by atoms with Gasteiger partial charge in [0.25, 0.3) is 0 Å². The Balaban J connectivity index is 2.58. The summed E-state index contributed by atoms with van der Waals surface area (Å²) in [5.41, 5.74) is 0.701. The van der Waals surface area contributed by atoms with Gasteiger partial charge in [0, 0.05) is 19.7 Å². The molecule has 0 fully saturated rings. The van der Waals surface area contributed by atoms with Crippen LogP contribution in [0, 0.1) is 11.7 Å². The van der Waals surface area contributed by atoms with Crippen molar-refractivity contribution >= 4 is 0 Å². The molecule has 1 aromatic rings. The molecule has 0 aliphatic heterocycles. The van der Waals surface area contributed by atoms with E-state index in [2.05, 4.69) is 19.2 Å².